The van der Waals surface area contributed by atoms with Gasteiger partial charge >= 0.3 is 6.18 Å². The van der Waals surface area contributed by atoms with Crippen LogP contribution in [0.3, 0.4) is 0 Å². The van der Waals surface area contributed by atoms with Gasteiger partial charge < -0.3 is 15.6 Å². The van der Waals surface area contributed by atoms with Crippen molar-refractivity contribution in [2.24, 2.45) is 5.73 Å². The zero-order chi connectivity index (χ0) is 25.5. The van der Waals surface area contributed by atoms with Crippen LogP contribution in [0.2, 0.25) is 0 Å². The predicted molar refractivity (Wildman–Crippen MR) is 113 cm³/mol. The van der Waals surface area contributed by atoms with Crippen LogP contribution in [0.25, 0.3) is 10.9 Å². The minimum absolute atomic E-state index is 0.0345. The van der Waals surface area contributed by atoms with Gasteiger partial charge in [0.25, 0.3) is 11.8 Å². The second-order valence-electron chi connectivity index (χ2n) is 7.46. The number of aryl methyl sites for hydroxylation is 1. The van der Waals surface area contributed by atoms with Crippen LogP contribution in [-0.4, -0.2) is 36.7 Å². The third kappa shape index (κ3) is 4.67. The molecule has 2 amide bonds. The number of primary amides is 1. The largest absolute Gasteiger partial charge is 0.437 e. The Balaban J connectivity index is 1.77. The second-order valence-corrected chi connectivity index (χ2v) is 7.46. The first-order valence-corrected chi connectivity index (χ1v) is 10.2. The first-order chi connectivity index (χ1) is 16.5. The van der Waals surface area contributed by atoms with Gasteiger partial charge in [0.1, 0.15) is 18.1 Å². The molecule has 0 aliphatic rings. The van der Waals surface area contributed by atoms with Crippen molar-refractivity contribution in [3.05, 3.63) is 64.4 Å². The Labute approximate surface area is 194 Å². The molecule has 3 heterocycles. The van der Waals surface area contributed by atoms with Crippen LogP contribution >= 0.6 is 0 Å². The molecule has 35 heavy (non-hydrogen) atoms. The fraction of sp³-hybridized carbons (Fsp3) is 0.238. The molecule has 0 radical (unpaired) electrons. The Morgan fingerprint density at radius 1 is 1.20 bits per heavy atom. The molecule has 10 nitrogen and oxygen atoms in total. The summed E-state index contributed by atoms with van der Waals surface area (Å²) in [6.07, 6.45) is -4.45. The van der Waals surface area contributed by atoms with Gasteiger partial charge in [-0.3, -0.25) is 14.3 Å². The highest BCUT2D eigenvalue weighted by molar-refractivity contribution is 6.14. The maximum absolute atomic E-state index is 13.8. The smallest absolute Gasteiger partial charge is 0.364 e. The Kier molecular flexibility index (Phi) is 5.96. The van der Waals surface area contributed by atoms with E-state index >= 15 is 0 Å². The Bertz CT molecular complexity index is 1460. The summed E-state index contributed by atoms with van der Waals surface area (Å²) < 4.78 is 61.0. The monoisotopic (exact) mass is 491 g/mol. The summed E-state index contributed by atoms with van der Waals surface area (Å²) in [5.41, 5.74) is 2.59. The van der Waals surface area contributed by atoms with Crippen molar-refractivity contribution < 1.29 is 31.7 Å². The van der Waals surface area contributed by atoms with Crippen LogP contribution < -0.4 is 11.1 Å². The average molecular weight is 491 g/mol. The van der Waals surface area contributed by atoms with Gasteiger partial charge in [-0.25, -0.2) is 9.37 Å². The van der Waals surface area contributed by atoms with Crippen LogP contribution in [0.1, 0.15) is 50.9 Å². The molecule has 3 N–H and O–H groups in total. The number of nitrogens with two attached hydrogens (primary N) is 1. The maximum atomic E-state index is 13.8. The number of nitrogens with zero attached hydrogens (tertiary/aromatic N) is 5. The molecule has 4 aromatic rings. The topological polar surface area (TPSA) is 142 Å². The van der Waals surface area contributed by atoms with Gasteiger partial charge in [0, 0.05) is 17.9 Å². The Hall–Kier alpha value is -4.36. The average Bonchev–Trinajstić information content (AvgIpc) is 3.37. The van der Waals surface area contributed by atoms with Crippen molar-refractivity contribution in [2.45, 2.75) is 33.0 Å². The van der Waals surface area contributed by atoms with Gasteiger partial charge in [-0.05, 0) is 25.1 Å². The van der Waals surface area contributed by atoms with Crippen molar-refractivity contribution in [1.82, 2.24) is 24.9 Å². The highest BCUT2D eigenvalue weighted by Crippen LogP contribution is 2.36. The van der Waals surface area contributed by atoms with Crippen molar-refractivity contribution in [3.63, 3.8) is 0 Å². The number of hydrogen-bond donors (Lipinski definition) is 2. The van der Waals surface area contributed by atoms with E-state index in [1.165, 1.54) is 13.0 Å². The molecule has 0 spiro atoms. The minimum atomic E-state index is -4.91. The lowest BCUT2D eigenvalue weighted by Crippen LogP contribution is -2.19. The maximum Gasteiger partial charge on any atom is 0.437 e. The molecule has 0 atom stereocenters. The summed E-state index contributed by atoms with van der Waals surface area (Å²) >= 11 is 0. The highest BCUT2D eigenvalue weighted by atomic mass is 19.4. The molecule has 3 aromatic heterocycles. The molecular weight excluding hydrogens is 474 g/mol. The molecule has 0 unspecified atom stereocenters. The molecule has 4 rings (SSSR count). The van der Waals surface area contributed by atoms with Crippen molar-refractivity contribution in [1.29, 1.82) is 0 Å². The molecule has 0 saturated heterocycles. The van der Waals surface area contributed by atoms with Crippen molar-refractivity contribution in [2.75, 3.05) is 5.32 Å². The van der Waals surface area contributed by atoms with Gasteiger partial charge in [-0.15, -0.1) is 0 Å². The molecular formula is C21H17F4N7O3. The number of anilines is 1. The number of pyridine rings is 1. The molecule has 14 heteroatoms. The molecule has 0 fully saturated rings. The summed E-state index contributed by atoms with van der Waals surface area (Å²) in [5.74, 6) is -2.29. The SMILES string of the molecule is CCc1noc(Cn2nc(C(F)(F)F)c(NC(=O)c3cc(C(N)=O)nc4cc(F)ccc34)c2C)n1. The number of amides is 2. The lowest BCUT2D eigenvalue weighted by Gasteiger charge is -2.11. The Morgan fingerprint density at radius 3 is 2.57 bits per heavy atom. The molecule has 0 aliphatic heterocycles. The van der Waals surface area contributed by atoms with E-state index in [1.54, 1.807) is 6.92 Å². The van der Waals surface area contributed by atoms with E-state index in [0.29, 0.717) is 12.2 Å². The number of nitrogens with one attached hydrogen (secondary N) is 1. The third-order valence-electron chi connectivity index (χ3n) is 5.09. The zero-order valence-corrected chi connectivity index (χ0v) is 18.3. The van der Waals surface area contributed by atoms with E-state index in [2.05, 4.69) is 25.5 Å². The number of carbonyl (C=O) groups is 2. The van der Waals surface area contributed by atoms with Crippen molar-refractivity contribution >= 4 is 28.4 Å². The first kappa shape index (κ1) is 23.8. The number of carbonyl (C=O) groups excluding carboxylic acids is 2. The van der Waals surface area contributed by atoms with Crippen LogP contribution in [-0.2, 0) is 19.1 Å². The summed E-state index contributed by atoms with van der Waals surface area (Å²) in [4.78, 5) is 32.7. The molecule has 0 bridgehead atoms. The van der Waals surface area contributed by atoms with E-state index in [4.69, 9.17) is 10.3 Å². The second kappa shape index (κ2) is 8.77. The van der Waals surface area contributed by atoms with Crippen LogP contribution in [0.15, 0.2) is 28.8 Å². The number of halogens is 4. The molecule has 0 aliphatic carbocycles. The Morgan fingerprint density at radius 2 is 1.94 bits per heavy atom. The number of aromatic nitrogens is 5. The van der Waals surface area contributed by atoms with Gasteiger partial charge in [-0.2, -0.15) is 23.3 Å². The highest BCUT2D eigenvalue weighted by Gasteiger charge is 2.39. The number of alkyl halides is 3. The van der Waals surface area contributed by atoms with E-state index in [0.717, 1.165) is 22.9 Å². The number of rotatable bonds is 6. The number of fused-ring (bicyclic) bond motifs is 1. The third-order valence-corrected chi connectivity index (χ3v) is 5.09. The number of benzene rings is 1. The molecule has 1 aromatic carbocycles. The lowest BCUT2D eigenvalue weighted by atomic mass is 10.1. The van der Waals surface area contributed by atoms with Crippen LogP contribution in [0.4, 0.5) is 23.2 Å². The lowest BCUT2D eigenvalue weighted by molar-refractivity contribution is -0.140. The summed E-state index contributed by atoms with van der Waals surface area (Å²) in [7, 11) is 0. The molecule has 182 valence electrons. The van der Waals surface area contributed by atoms with Crippen LogP contribution in [0.5, 0.6) is 0 Å². The molecule has 0 saturated carbocycles. The van der Waals surface area contributed by atoms with Gasteiger partial charge in [-0.1, -0.05) is 12.1 Å². The predicted octanol–water partition coefficient (Wildman–Crippen LogP) is 3.24. The number of hydrogen-bond acceptors (Lipinski definition) is 7. The normalized spacial score (nSPS) is 11.7. The van der Waals surface area contributed by atoms with Gasteiger partial charge in [0.2, 0.25) is 5.89 Å². The van der Waals surface area contributed by atoms with Gasteiger partial charge in [0.15, 0.2) is 11.5 Å². The van der Waals surface area contributed by atoms with E-state index in [-0.39, 0.29) is 40.3 Å². The first-order valence-electron chi connectivity index (χ1n) is 10.2. The fourth-order valence-electron chi connectivity index (χ4n) is 3.37. The zero-order valence-electron chi connectivity index (χ0n) is 18.3. The summed E-state index contributed by atoms with van der Waals surface area (Å²) in [5, 5.41) is 9.60. The van der Waals surface area contributed by atoms with Crippen LogP contribution in [0, 0.1) is 12.7 Å². The summed E-state index contributed by atoms with van der Waals surface area (Å²) in [6, 6.07) is 4.26. The van der Waals surface area contributed by atoms with Gasteiger partial charge in [0.05, 0.1) is 22.5 Å². The van der Waals surface area contributed by atoms with E-state index < -0.39 is 35.2 Å². The van der Waals surface area contributed by atoms with Crippen molar-refractivity contribution in [3.8, 4) is 0 Å². The quantitative estimate of drug-likeness (QED) is 0.394. The minimum Gasteiger partial charge on any atom is -0.364 e. The fourth-order valence-corrected chi connectivity index (χ4v) is 3.37. The summed E-state index contributed by atoms with van der Waals surface area (Å²) in [6.45, 7) is 2.84. The standard InChI is InChI=1S/C21H17F4N7O3/c1-3-15-28-16(35-31-15)8-32-9(2)17(18(30-32)21(23,24)25)29-20(34)12-7-14(19(26)33)27-13-6-10(22)4-5-11(12)13/h4-7H,3,8H2,1-2H3,(H2,26,33)(H,29,34). The van der Waals surface area contributed by atoms with E-state index in [1.807, 2.05) is 0 Å². The van der Waals surface area contributed by atoms with E-state index in [9.17, 15) is 27.2 Å².